The molecule has 0 aliphatic heterocycles. The van der Waals surface area contributed by atoms with Crippen LogP contribution < -0.4 is 5.32 Å². The van der Waals surface area contributed by atoms with Crippen LogP contribution in [0.5, 0.6) is 0 Å². The molecule has 1 fully saturated rings. The topological polar surface area (TPSA) is 12.0 Å². The lowest BCUT2D eigenvalue weighted by molar-refractivity contribution is 0.252. The van der Waals surface area contributed by atoms with Crippen molar-refractivity contribution in [3.8, 4) is 0 Å². The van der Waals surface area contributed by atoms with Gasteiger partial charge in [0.05, 0.1) is 0 Å². The zero-order valence-electron chi connectivity index (χ0n) is 8.88. The van der Waals surface area contributed by atoms with Crippen LogP contribution >= 0.6 is 11.3 Å². The van der Waals surface area contributed by atoms with Gasteiger partial charge in [-0.1, -0.05) is 19.3 Å². The maximum atomic E-state index is 3.71. The molecule has 2 rings (SSSR count). The van der Waals surface area contributed by atoms with Gasteiger partial charge < -0.3 is 5.32 Å². The first-order valence-corrected chi connectivity index (χ1v) is 6.49. The minimum atomic E-state index is 0.403. The third-order valence-corrected chi connectivity index (χ3v) is 3.99. The molecule has 1 aliphatic carbocycles. The predicted molar refractivity (Wildman–Crippen MR) is 62.6 cm³/mol. The largest absolute Gasteiger partial charge is 0.307 e. The fraction of sp³-hybridized carbons (Fsp3) is 0.667. The average Bonchev–Trinajstić information content (AvgIpc) is 2.69. The van der Waals surface area contributed by atoms with Crippen LogP contribution in [0.25, 0.3) is 0 Å². The van der Waals surface area contributed by atoms with E-state index in [1.807, 2.05) is 0 Å². The Balaban J connectivity index is 1.84. The van der Waals surface area contributed by atoms with E-state index in [2.05, 4.69) is 29.1 Å². The van der Waals surface area contributed by atoms with E-state index < -0.39 is 0 Å². The summed E-state index contributed by atoms with van der Waals surface area (Å²) in [6.45, 7) is 3.42. The third kappa shape index (κ3) is 2.58. The Morgan fingerprint density at radius 1 is 1.36 bits per heavy atom. The Morgan fingerprint density at radius 2 is 2.14 bits per heavy atom. The van der Waals surface area contributed by atoms with E-state index in [1.54, 1.807) is 11.3 Å². The first-order valence-electron chi connectivity index (χ1n) is 5.55. The lowest BCUT2D eigenvalue weighted by Gasteiger charge is -2.34. The van der Waals surface area contributed by atoms with Crippen molar-refractivity contribution in [1.82, 2.24) is 5.32 Å². The first-order chi connectivity index (χ1) is 6.79. The van der Waals surface area contributed by atoms with Gasteiger partial charge in [-0.3, -0.25) is 0 Å². The number of rotatable bonds is 3. The highest BCUT2D eigenvalue weighted by Crippen LogP contribution is 2.27. The van der Waals surface area contributed by atoms with E-state index in [0.717, 1.165) is 6.54 Å². The van der Waals surface area contributed by atoms with Crippen molar-refractivity contribution in [2.24, 2.45) is 0 Å². The summed E-state index contributed by atoms with van der Waals surface area (Å²) in [6.07, 6.45) is 6.91. The number of nitrogens with one attached hydrogen (secondary N) is 1. The van der Waals surface area contributed by atoms with Crippen LogP contribution in [-0.2, 0) is 6.54 Å². The highest BCUT2D eigenvalue weighted by molar-refractivity contribution is 7.07. The maximum absolute atomic E-state index is 3.71. The Kier molecular flexibility index (Phi) is 3.24. The van der Waals surface area contributed by atoms with Gasteiger partial charge in [0.15, 0.2) is 0 Å². The van der Waals surface area contributed by atoms with Gasteiger partial charge in [-0.25, -0.2) is 0 Å². The second kappa shape index (κ2) is 4.45. The summed E-state index contributed by atoms with van der Waals surface area (Å²) in [6, 6.07) is 2.21. The first kappa shape index (κ1) is 10.2. The fourth-order valence-electron chi connectivity index (χ4n) is 2.22. The molecule has 1 heterocycles. The van der Waals surface area contributed by atoms with Gasteiger partial charge in [0.1, 0.15) is 0 Å². The molecule has 0 unspecified atom stereocenters. The molecule has 1 nitrogen and oxygen atoms in total. The van der Waals surface area contributed by atoms with Crippen LogP contribution in [0, 0.1) is 0 Å². The molecule has 0 bridgehead atoms. The van der Waals surface area contributed by atoms with Gasteiger partial charge >= 0.3 is 0 Å². The summed E-state index contributed by atoms with van der Waals surface area (Å²) in [7, 11) is 0. The van der Waals surface area contributed by atoms with Gasteiger partial charge in [0.25, 0.3) is 0 Å². The maximum Gasteiger partial charge on any atom is 0.0218 e. The Morgan fingerprint density at radius 3 is 2.79 bits per heavy atom. The van der Waals surface area contributed by atoms with Gasteiger partial charge in [-0.2, -0.15) is 11.3 Å². The molecule has 1 saturated carbocycles. The normalized spacial score (nSPS) is 20.9. The Bertz CT molecular complexity index is 260. The lowest BCUT2D eigenvalue weighted by Crippen LogP contribution is -2.43. The predicted octanol–water partition coefficient (Wildman–Crippen LogP) is 3.56. The summed E-state index contributed by atoms with van der Waals surface area (Å²) in [5.74, 6) is 0. The van der Waals surface area contributed by atoms with E-state index >= 15 is 0 Å². The van der Waals surface area contributed by atoms with Crippen LogP contribution in [0.2, 0.25) is 0 Å². The molecule has 0 radical (unpaired) electrons. The summed E-state index contributed by atoms with van der Waals surface area (Å²) in [5, 5.41) is 8.10. The smallest absolute Gasteiger partial charge is 0.0218 e. The summed E-state index contributed by atoms with van der Waals surface area (Å²) in [5.41, 5.74) is 1.84. The molecule has 78 valence electrons. The van der Waals surface area contributed by atoms with E-state index in [4.69, 9.17) is 0 Å². The molecule has 0 amide bonds. The van der Waals surface area contributed by atoms with Crippen molar-refractivity contribution < 1.29 is 0 Å². The molecule has 0 aromatic carbocycles. The van der Waals surface area contributed by atoms with Crippen LogP contribution in [0.1, 0.15) is 44.6 Å². The Labute approximate surface area is 90.5 Å². The molecule has 0 atom stereocenters. The van der Waals surface area contributed by atoms with Gasteiger partial charge in [0.2, 0.25) is 0 Å². The van der Waals surface area contributed by atoms with E-state index in [9.17, 15) is 0 Å². The fourth-order valence-corrected chi connectivity index (χ4v) is 2.89. The lowest BCUT2D eigenvalue weighted by atomic mass is 9.83. The highest BCUT2D eigenvalue weighted by Gasteiger charge is 2.25. The molecule has 1 aromatic heterocycles. The summed E-state index contributed by atoms with van der Waals surface area (Å²) >= 11 is 1.79. The standard InChI is InChI=1S/C12H19NS/c1-12(6-3-2-4-7-12)13-9-11-5-8-14-10-11/h5,8,10,13H,2-4,6-7,9H2,1H3. The van der Waals surface area contributed by atoms with Crippen molar-refractivity contribution in [3.05, 3.63) is 22.4 Å². The zero-order chi connectivity index (χ0) is 9.86. The van der Waals surface area contributed by atoms with Gasteiger partial charge in [0, 0.05) is 12.1 Å². The monoisotopic (exact) mass is 209 g/mol. The molecular weight excluding hydrogens is 190 g/mol. The minimum absolute atomic E-state index is 0.403. The molecule has 1 aromatic rings. The van der Waals surface area contributed by atoms with Crippen molar-refractivity contribution >= 4 is 11.3 Å². The molecular formula is C12H19NS. The second-order valence-corrected chi connectivity index (χ2v) is 5.39. The van der Waals surface area contributed by atoms with Crippen LogP contribution in [0.4, 0.5) is 0 Å². The van der Waals surface area contributed by atoms with E-state index in [1.165, 1.54) is 37.7 Å². The van der Waals surface area contributed by atoms with E-state index in [0.29, 0.717) is 5.54 Å². The van der Waals surface area contributed by atoms with Crippen molar-refractivity contribution in [2.75, 3.05) is 0 Å². The molecule has 1 aliphatic rings. The van der Waals surface area contributed by atoms with Gasteiger partial charge in [-0.15, -0.1) is 0 Å². The van der Waals surface area contributed by atoms with Crippen LogP contribution in [0.3, 0.4) is 0 Å². The minimum Gasteiger partial charge on any atom is -0.307 e. The molecule has 0 saturated heterocycles. The van der Waals surface area contributed by atoms with Gasteiger partial charge in [-0.05, 0) is 42.2 Å². The zero-order valence-corrected chi connectivity index (χ0v) is 9.70. The van der Waals surface area contributed by atoms with Crippen molar-refractivity contribution in [2.45, 2.75) is 51.1 Å². The molecule has 2 heteroatoms. The Hall–Kier alpha value is -0.340. The van der Waals surface area contributed by atoms with Crippen molar-refractivity contribution in [1.29, 1.82) is 0 Å². The second-order valence-electron chi connectivity index (χ2n) is 4.61. The molecule has 1 N–H and O–H groups in total. The SMILES string of the molecule is CC1(NCc2ccsc2)CCCCC1. The average molecular weight is 209 g/mol. The summed E-state index contributed by atoms with van der Waals surface area (Å²) < 4.78 is 0. The van der Waals surface area contributed by atoms with Crippen LogP contribution in [-0.4, -0.2) is 5.54 Å². The molecule has 0 spiro atoms. The van der Waals surface area contributed by atoms with E-state index in [-0.39, 0.29) is 0 Å². The van der Waals surface area contributed by atoms with Crippen LogP contribution in [0.15, 0.2) is 16.8 Å². The number of hydrogen-bond acceptors (Lipinski definition) is 2. The number of thiophene rings is 1. The van der Waals surface area contributed by atoms with Crippen molar-refractivity contribution in [3.63, 3.8) is 0 Å². The summed E-state index contributed by atoms with van der Waals surface area (Å²) in [4.78, 5) is 0. The highest BCUT2D eigenvalue weighted by atomic mass is 32.1. The number of hydrogen-bond donors (Lipinski definition) is 1. The third-order valence-electron chi connectivity index (χ3n) is 3.26. The molecule has 14 heavy (non-hydrogen) atoms. The quantitative estimate of drug-likeness (QED) is 0.802.